The van der Waals surface area contributed by atoms with Crippen LogP contribution in [0.15, 0.2) is 24.3 Å². The molecule has 1 fully saturated rings. The Morgan fingerprint density at radius 3 is 2.43 bits per heavy atom. The van der Waals surface area contributed by atoms with E-state index in [1.165, 1.54) is 18.9 Å². The van der Waals surface area contributed by atoms with Gasteiger partial charge in [0.25, 0.3) is 0 Å². The zero-order valence-electron chi connectivity index (χ0n) is 13.0. The van der Waals surface area contributed by atoms with E-state index in [9.17, 15) is 9.18 Å². The van der Waals surface area contributed by atoms with Gasteiger partial charge in [-0.1, -0.05) is 44.9 Å². The second kappa shape index (κ2) is 6.92. The molecule has 21 heavy (non-hydrogen) atoms. The molecule has 0 aromatic heterocycles. The molecule has 1 N–H and O–H groups in total. The van der Waals surface area contributed by atoms with Crippen LogP contribution in [-0.2, 0) is 5.41 Å². The lowest BCUT2D eigenvalue weighted by Crippen LogP contribution is -2.45. The predicted octanol–water partition coefficient (Wildman–Crippen LogP) is 3.69. The Kier molecular flexibility index (Phi) is 5.21. The van der Waals surface area contributed by atoms with Gasteiger partial charge in [-0.25, -0.2) is 9.18 Å². The zero-order chi connectivity index (χ0) is 15.3. The summed E-state index contributed by atoms with van der Waals surface area (Å²) in [4.78, 5) is 14.1. The van der Waals surface area contributed by atoms with Gasteiger partial charge in [-0.3, -0.25) is 0 Å². The highest BCUT2D eigenvalue weighted by Gasteiger charge is 2.25. The second-order valence-electron chi connectivity index (χ2n) is 6.42. The molecule has 0 aliphatic carbocycles. The Morgan fingerprint density at radius 1 is 1.19 bits per heavy atom. The smallest absolute Gasteiger partial charge is 0.317 e. The van der Waals surface area contributed by atoms with Crippen molar-refractivity contribution >= 4 is 6.03 Å². The number of carbonyl (C=O) groups excluding carboxylic acids is 1. The van der Waals surface area contributed by atoms with Crippen molar-refractivity contribution in [1.29, 1.82) is 0 Å². The van der Waals surface area contributed by atoms with E-state index < -0.39 is 5.41 Å². The molecule has 2 rings (SSSR count). The van der Waals surface area contributed by atoms with E-state index >= 15 is 0 Å². The quantitative estimate of drug-likeness (QED) is 0.905. The molecule has 1 aromatic rings. The van der Waals surface area contributed by atoms with Gasteiger partial charge in [0.2, 0.25) is 0 Å². The lowest BCUT2D eigenvalue weighted by Gasteiger charge is -2.28. The molecule has 116 valence electrons. The molecular formula is C17H25FN2O. The van der Waals surface area contributed by atoms with Crippen LogP contribution in [0.5, 0.6) is 0 Å². The Bertz CT molecular complexity index is 479. The van der Waals surface area contributed by atoms with Gasteiger partial charge in [0.1, 0.15) is 5.82 Å². The van der Waals surface area contributed by atoms with E-state index in [4.69, 9.17) is 0 Å². The van der Waals surface area contributed by atoms with E-state index in [0.717, 1.165) is 25.9 Å². The van der Waals surface area contributed by atoms with Gasteiger partial charge >= 0.3 is 6.03 Å². The Hall–Kier alpha value is -1.58. The maximum absolute atomic E-state index is 13.9. The van der Waals surface area contributed by atoms with Crippen molar-refractivity contribution in [3.63, 3.8) is 0 Å². The fourth-order valence-corrected chi connectivity index (χ4v) is 2.79. The van der Waals surface area contributed by atoms with Crippen LogP contribution in [0.2, 0.25) is 0 Å². The molecule has 1 saturated heterocycles. The largest absolute Gasteiger partial charge is 0.337 e. The van der Waals surface area contributed by atoms with Crippen LogP contribution in [0, 0.1) is 5.82 Å². The topological polar surface area (TPSA) is 32.3 Å². The van der Waals surface area contributed by atoms with Crippen LogP contribution < -0.4 is 5.32 Å². The van der Waals surface area contributed by atoms with Crippen molar-refractivity contribution in [2.45, 2.75) is 44.9 Å². The first-order valence-electron chi connectivity index (χ1n) is 7.78. The second-order valence-corrected chi connectivity index (χ2v) is 6.42. The predicted molar refractivity (Wildman–Crippen MR) is 82.9 cm³/mol. The summed E-state index contributed by atoms with van der Waals surface area (Å²) in [5.41, 5.74) is 0.216. The Morgan fingerprint density at radius 2 is 1.81 bits per heavy atom. The molecule has 0 saturated carbocycles. The number of rotatable bonds is 3. The normalized spacial score (nSPS) is 16.4. The first-order chi connectivity index (χ1) is 10.0. The maximum atomic E-state index is 13.9. The van der Waals surface area contributed by atoms with E-state index in [1.54, 1.807) is 12.1 Å². The Labute approximate surface area is 126 Å². The van der Waals surface area contributed by atoms with E-state index in [1.807, 2.05) is 24.8 Å². The average Bonchev–Trinajstić information content (AvgIpc) is 2.74. The molecule has 0 bridgehead atoms. The standard InChI is InChI=1S/C17H25FN2O/c1-17(2,14-9-5-6-10-15(14)18)13-19-16(21)20-11-7-3-4-8-12-20/h5-6,9-10H,3-4,7-8,11-13H2,1-2H3,(H,19,21). The third kappa shape index (κ3) is 4.19. The number of halogens is 1. The fraction of sp³-hybridized carbons (Fsp3) is 0.588. The van der Waals surface area contributed by atoms with Crippen LogP contribution in [0.1, 0.15) is 45.1 Å². The number of benzene rings is 1. The monoisotopic (exact) mass is 292 g/mol. The lowest BCUT2D eigenvalue weighted by molar-refractivity contribution is 0.197. The van der Waals surface area contributed by atoms with Crippen molar-refractivity contribution in [2.75, 3.05) is 19.6 Å². The maximum Gasteiger partial charge on any atom is 0.317 e. The van der Waals surface area contributed by atoms with Gasteiger partial charge in [0, 0.05) is 25.0 Å². The van der Waals surface area contributed by atoms with Gasteiger partial charge in [-0.15, -0.1) is 0 Å². The summed E-state index contributed by atoms with van der Waals surface area (Å²) in [6.07, 6.45) is 4.54. The minimum Gasteiger partial charge on any atom is -0.337 e. The fourth-order valence-electron chi connectivity index (χ4n) is 2.79. The number of likely N-dealkylation sites (tertiary alicyclic amines) is 1. The van der Waals surface area contributed by atoms with E-state index in [-0.39, 0.29) is 11.8 Å². The van der Waals surface area contributed by atoms with E-state index in [0.29, 0.717) is 12.1 Å². The summed E-state index contributed by atoms with van der Waals surface area (Å²) in [5, 5.41) is 2.97. The molecule has 1 aliphatic heterocycles. The number of amides is 2. The molecule has 0 atom stereocenters. The Balaban J connectivity index is 1.94. The van der Waals surface area contributed by atoms with Crippen molar-refractivity contribution < 1.29 is 9.18 Å². The van der Waals surface area contributed by atoms with Crippen LogP contribution >= 0.6 is 0 Å². The molecule has 0 radical (unpaired) electrons. The minimum atomic E-state index is -0.424. The first kappa shape index (κ1) is 15.8. The van der Waals surface area contributed by atoms with Crippen LogP contribution in [-0.4, -0.2) is 30.6 Å². The number of nitrogens with zero attached hydrogens (tertiary/aromatic N) is 1. The summed E-state index contributed by atoms with van der Waals surface area (Å²) >= 11 is 0. The number of urea groups is 1. The molecule has 1 aliphatic rings. The third-order valence-electron chi connectivity index (χ3n) is 4.18. The van der Waals surface area contributed by atoms with Crippen molar-refractivity contribution in [2.24, 2.45) is 0 Å². The molecule has 0 unspecified atom stereocenters. The third-order valence-corrected chi connectivity index (χ3v) is 4.18. The molecule has 1 heterocycles. The summed E-state index contributed by atoms with van der Waals surface area (Å²) in [6.45, 7) is 5.99. The van der Waals surface area contributed by atoms with Gasteiger partial charge in [-0.2, -0.15) is 0 Å². The van der Waals surface area contributed by atoms with Gasteiger partial charge in [0.05, 0.1) is 0 Å². The van der Waals surface area contributed by atoms with Crippen LogP contribution in [0.25, 0.3) is 0 Å². The number of carbonyl (C=O) groups is 1. The van der Waals surface area contributed by atoms with Crippen molar-refractivity contribution in [1.82, 2.24) is 10.2 Å². The summed E-state index contributed by atoms with van der Waals surface area (Å²) < 4.78 is 13.9. The van der Waals surface area contributed by atoms with E-state index in [2.05, 4.69) is 5.32 Å². The molecule has 2 amide bonds. The SMILES string of the molecule is CC(C)(CNC(=O)N1CCCCCC1)c1ccccc1F. The van der Waals surface area contributed by atoms with Gasteiger partial charge in [-0.05, 0) is 24.5 Å². The average molecular weight is 292 g/mol. The lowest BCUT2D eigenvalue weighted by atomic mass is 9.84. The molecule has 3 nitrogen and oxygen atoms in total. The molecular weight excluding hydrogens is 267 g/mol. The highest BCUT2D eigenvalue weighted by atomic mass is 19.1. The highest BCUT2D eigenvalue weighted by molar-refractivity contribution is 5.74. The summed E-state index contributed by atoms with van der Waals surface area (Å²) in [7, 11) is 0. The first-order valence-corrected chi connectivity index (χ1v) is 7.78. The molecule has 0 spiro atoms. The van der Waals surface area contributed by atoms with Crippen molar-refractivity contribution in [3.05, 3.63) is 35.6 Å². The molecule has 1 aromatic carbocycles. The van der Waals surface area contributed by atoms with Gasteiger partial charge in [0.15, 0.2) is 0 Å². The van der Waals surface area contributed by atoms with Gasteiger partial charge < -0.3 is 10.2 Å². The number of nitrogens with one attached hydrogen (secondary N) is 1. The number of hydrogen-bond donors (Lipinski definition) is 1. The summed E-state index contributed by atoms with van der Waals surface area (Å²) in [6, 6.07) is 6.74. The van der Waals surface area contributed by atoms with Crippen LogP contribution in [0.3, 0.4) is 0 Å². The zero-order valence-corrected chi connectivity index (χ0v) is 13.0. The minimum absolute atomic E-state index is 0.0266. The summed E-state index contributed by atoms with van der Waals surface area (Å²) in [5.74, 6) is -0.216. The molecule has 4 heteroatoms. The van der Waals surface area contributed by atoms with Crippen LogP contribution in [0.4, 0.5) is 9.18 Å². The van der Waals surface area contributed by atoms with Crippen molar-refractivity contribution in [3.8, 4) is 0 Å². The highest BCUT2D eigenvalue weighted by Crippen LogP contribution is 2.24. The number of hydrogen-bond acceptors (Lipinski definition) is 1.